The Morgan fingerprint density at radius 2 is 1.83 bits per heavy atom. The zero-order valence-corrected chi connectivity index (χ0v) is 21.0. The van der Waals surface area contributed by atoms with Gasteiger partial charge in [-0.2, -0.15) is 0 Å². The Hall–Kier alpha value is -1.26. The van der Waals surface area contributed by atoms with E-state index < -0.39 is 0 Å². The second-order valence-electron chi connectivity index (χ2n) is 7.10. The Bertz CT molecular complexity index is 589. The fraction of sp³-hybridized carbons (Fsp3) is 0.667. The van der Waals surface area contributed by atoms with E-state index in [2.05, 4.69) is 55.1 Å². The average Bonchev–Trinajstić information content (AvgIpc) is 2.67. The van der Waals surface area contributed by atoms with E-state index in [0.717, 1.165) is 31.2 Å². The quantitative estimate of drug-likeness (QED) is 0.223. The minimum absolute atomic E-state index is 0. The van der Waals surface area contributed by atoms with Crippen molar-refractivity contribution in [2.24, 2.45) is 4.99 Å². The number of aliphatic hydroxyl groups is 1. The molecule has 0 aliphatic rings. The lowest BCUT2D eigenvalue weighted by Gasteiger charge is -2.30. The molecule has 0 spiro atoms. The maximum absolute atomic E-state index is 8.91. The molecule has 0 fully saturated rings. The standard InChI is InChI=1S/C21H38N4O3.HI/c1-7-22-21(23-10-11-25(16(2)3)17(4)5)24-15-18-8-9-19(28-13-12-26)20(14-18)27-6;/h8-9,14,16-17,26H,7,10-13,15H2,1-6H3,(H2,22,23,24);1H. The van der Waals surface area contributed by atoms with Gasteiger partial charge in [0, 0.05) is 31.7 Å². The van der Waals surface area contributed by atoms with Gasteiger partial charge in [0.05, 0.1) is 20.3 Å². The molecule has 1 rings (SSSR count). The molecule has 1 aromatic carbocycles. The summed E-state index contributed by atoms with van der Waals surface area (Å²) in [5.74, 6) is 2.06. The molecule has 3 N–H and O–H groups in total. The molecule has 0 aliphatic carbocycles. The summed E-state index contributed by atoms with van der Waals surface area (Å²) < 4.78 is 10.9. The van der Waals surface area contributed by atoms with E-state index in [4.69, 9.17) is 14.6 Å². The van der Waals surface area contributed by atoms with Crippen LogP contribution in [-0.2, 0) is 6.54 Å². The van der Waals surface area contributed by atoms with Crippen molar-refractivity contribution in [3.63, 3.8) is 0 Å². The first-order valence-corrected chi connectivity index (χ1v) is 10.1. The second kappa shape index (κ2) is 15.6. The molecule has 8 heteroatoms. The predicted molar refractivity (Wildman–Crippen MR) is 131 cm³/mol. The summed E-state index contributed by atoms with van der Waals surface area (Å²) in [6, 6.07) is 6.75. The molecule has 0 aliphatic heterocycles. The van der Waals surface area contributed by atoms with Crippen LogP contribution in [0, 0.1) is 0 Å². The third-order valence-corrected chi connectivity index (χ3v) is 4.33. The summed E-state index contributed by atoms with van der Waals surface area (Å²) in [5.41, 5.74) is 1.02. The molecule has 1 aromatic rings. The highest BCUT2D eigenvalue weighted by Gasteiger charge is 2.12. The summed E-state index contributed by atoms with van der Waals surface area (Å²) in [5, 5.41) is 15.6. The molecule has 7 nitrogen and oxygen atoms in total. The summed E-state index contributed by atoms with van der Waals surface area (Å²) in [6.45, 7) is 14.3. The highest BCUT2D eigenvalue weighted by atomic mass is 127. The first-order chi connectivity index (χ1) is 13.4. The minimum Gasteiger partial charge on any atom is -0.493 e. The first-order valence-electron chi connectivity index (χ1n) is 10.1. The Morgan fingerprint density at radius 1 is 1.14 bits per heavy atom. The van der Waals surface area contributed by atoms with Crippen LogP contribution < -0.4 is 20.1 Å². The molecular formula is C21H39IN4O3. The normalized spacial score (nSPS) is 11.6. The molecular weight excluding hydrogens is 483 g/mol. The molecule has 168 valence electrons. The number of hydrogen-bond donors (Lipinski definition) is 3. The zero-order valence-electron chi connectivity index (χ0n) is 18.7. The Kier molecular flexibility index (Phi) is 14.9. The van der Waals surface area contributed by atoms with Crippen LogP contribution in [0.2, 0.25) is 0 Å². The number of benzene rings is 1. The third-order valence-electron chi connectivity index (χ3n) is 4.33. The van der Waals surface area contributed by atoms with Crippen LogP contribution >= 0.6 is 24.0 Å². The molecule has 0 saturated heterocycles. The maximum Gasteiger partial charge on any atom is 0.191 e. The fourth-order valence-electron chi connectivity index (χ4n) is 3.01. The van der Waals surface area contributed by atoms with Gasteiger partial charge in [-0.1, -0.05) is 6.07 Å². The van der Waals surface area contributed by atoms with Gasteiger partial charge in [-0.05, 0) is 52.3 Å². The Labute approximate surface area is 193 Å². The molecule has 29 heavy (non-hydrogen) atoms. The van der Waals surface area contributed by atoms with Crippen LogP contribution in [-0.4, -0.2) is 68.0 Å². The molecule has 0 heterocycles. The smallest absolute Gasteiger partial charge is 0.191 e. The van der Waals surface area contributed by atoms with Gasteiger partial charge in [-0.25, -0.2) is 4.99 Å². The predicted octanol–water partition coefficient (Wildman–Crippen LogP) is 2.86. The monoisotopic (exact) mass is 522 g/mol. The van der Waals surface area contributed by atoms with Crippen LogP contribution in [0.15, 0.2) is 23.2 Å². The van der Waals surface area contributed by atoms with Crippen LogP contribution in [0.3, 0.4) is 0 Å². The van der Waals surface area contributed by atoms with Crippen LogP contribution in [0.1, 0.15) is 40.2 Å². The van der Waals surface area contributed by atoms with Crippen molar-refractivity contribution in [3.8, 4) is 11.5 Å². The lowest BCUT2D eigenvalue weighted by molar-refractivity contribution is 0.178. The van der Waals surface area contributed by atoms with Gasteiger partial charge in [-0.3, -0.25) is 4.90 Å². The largest absolute Gasteiger partial charge is 0.493 e. The SMILES string of the molecule is CCNC(=NCc1ccc(OCCO)c(OC)c1)NCCN(C(C)C)C(C)C.I. The van der Waals surface area contributed by atoms with Crippen LogP contribution in [0.25, 0.3) is 0 Å². The van der Waals surface area contributed by atoms with Crippen molar-refractivity contribution in [1.82, 2.24) is 15.5 Å². The molecule has 0 unspecified atom stereocenters. The second-order valence-corrected chi connectivity index (χ2v) is 7.10. The van der Waals surface area contributed by atoms with Crippen molar-refractivity contribution in [1.29, 1.82) is 0 Å². The molecule has 0 radical (unpaired) electrons. The van der Waals surface area contributed by atoms with Crippen molar-refractivity contribution in [2.45, 2.75) is 53.2 Å². The molecule has 0 amide bonds. The van der Waals surface area contributed by atoms with E-state index in [1.165, 1.54) is 0 Å². The first kappa shape index (κ1) is 27.7. The van der Waals surface area contributed by atoms with E-state index >= 15 is 0 Å². The Balaban J connectivity index is 0.00000784. The minimum atomic E-state index is -0.0298. The summed E-state index contributed by atoms with van der Waals surface area (Å²) in [4.78, 5) is 7.13. The topological polar surface area (TPSA) is 78.4 Å². The summed E-state index contributed by atoms with van der Waals surface area (Å²) in [6.07, 6.45) is 0. The Morgan fingerprint density at radius 3 is 2.38 bits per heavy atom. The van der Waals surface area contributed by atoms with Gasteiger partial charge in [0.25, 0.3) is 0 Å². The maximum atomic E-state index is 8.91. The highest BCUT2D eigenvalue weighted by Crippen LogP contribution is 2.28. The fourth-order valence-corrected chi connectivity index (χ4v) is 3.01. The van der Waals surface area contributed by atoms with E-state index in [0.29, 0.717) is 30.1 Å². The number of rotatable bonds is 12. The van der Waals surface area contributed by atoms with Gasteiger partial charge >= 0.3 is 0 Å². The molecule has 0 aromatic heterocycles. The van der Waals surface area contributed by atoms with Crippen LogP contribution in [0.5, 0.6) is 11.5 Å². The lowest BCUT2D eigenvalue weighted by atomic mass is 10.2. The van der Waals surface area contributed by atoms with Gasteiger partial charge in [0.2, 0.25) is 0 Å². The number of hydrogen-bond acceptors (Lipinski definition) is 5. The number of aliphatic hydroxyl groups excluding tert-OH is 1. The number of aliphatic imine (C=N–C) groups is 1. The molecule has 0 atom stereocenters. The van der Waals surface area contributed by atoms with Crippen molar-refractivity contribution in [2.75, 3.05) is 40.0 Å². The summed E-state index contributed by atoms with van der Waals surface area (Å²) >= 11 is 0. The number of halogens is 1. The molecule has 0 saturated carbocycles. The van der Waals surface area contributed by atoms with E-state index in [9.17, 15) is 0 Å². The van der Waals surface area contributed by atoms with Crippen molar-refractivity contribution in [3.05, 3.63) is 23.8 Å². The number of nitrogens with zero attached hydrogens (tertiary/aromatic N) is 2. The molecule has 0 bridgehead atoms. The van der Waals surface area contributed by atoms with E-state index in [-0.39, 0.29) is 37.2 Å². The van der Waals surface area contributed by atoms with Gasteiger partial charge < -0.3 is 25.2 Å². The van der Waals surface area contributed by atoms with Crippen molar-refractivity contribution < 1.29 is 14.6 Å². The average molecular weight is 522 g/mol. The number of nitrogens with one attached hydrogen (secondary N) is 2. The van der Waals surface area contributed by atoms with Gasteiger partial charge in [-0.15, -0.1) is 24.0 Å². The van der Waals surface area contributed by atoms with Gasteiger partial charge in [0.1, 0.15) is 6.61 Å². The number of methoxy groups -OCH3 is 1. The number of ether oxygens (including phenoxy) is 2. The lowest BCUT2D eigenvalue weighted by Crippen LogP contribution is -2.45. The van der Waals surface area contributed by atoms with E-state index in [1.54, 1.807) is 7.11 Å². The zero-order chi connectivity index (χ0) is 20.9. The van der Waals surface area contributed by atoms with Crippen LogP contribution in [0.4, 0.5) is 0 Å². The third kappa shape index (κ3) is 10.4. The highest BCUT2D eigenvalue weighted by molar-refractivity contribution is 14.0. The van der Waals surface area contributed by atoms with Gasteiger partial charge in [0.15, 0.2) is 17.5 Å². The summed E-state index contributed by atoms with van der Waals surface area (Å²) in [7, 11) is 1.61. The number of guanidine groups is 1. The van der Waals surface area contributed by atoms with Crippen molar-refractivity contribution >= 4 is 29.9 Å². The van der Waals surface area contributed by atoms with E-state index in [1.807, 2.05) is 18.2 Å².